The summed E-state index contributed by atoms with van der Waals surface area (Å²) in [5.74, 6) is -0.0536. The Bertz CT molecular complexity index is 1210. The summed E-state index contributed by atoms with van der Waals surface area (Å²) in [5.41, 5.74) is 2.60. The first-order valence-electron chi connectivity index (χ1n) is 8.39. The van der Waals surface area contributed by atoms with E-state index in [1.165, 1.54) is 13.2 Å². The molecule has 0 aliphatic carbocycles. The van der Waals surface area contributed by atoms with Crippen LogP contribution >= 0.6 is 0 Å². The number of fused-ring (bicyclic) bond motifs is 1. The largest absolute Gasteiger partial charge is 0.463 e. The molecule has 6 nitrogen and oxygen atoms in total. The first-order valence-corrected chi connectivity index (χ1v) is 8.39. The average molecular weight is 360 g/mol. The van der Waals surface area contributed by atoms with E-state index in [0.717, 1.165) is 5.69 Å². The molecule has 0 N–H and O–H groups in total. The summed E-state index contributed by atoms with van der Waals surface area (Å²) in [7, 11) is 0. The van der Waals surface area contributed by atoms with E-state index in [4.69, 9.17) is 9.15 Å². The van der Waals surface area contributed by atoms with Crippen LogP contribution in [0.2, 0.25) is 0 Å². The molecule has 0 atom stereocenters. The van der Waals surface area contributed by atoms with Gasteiger partial charge < -0.3 is 9.15 Å². The zero-order valence-corrected chi connectivity index (χ0v) is 14.8. The van der Waals surface area contributed by atoms with Gasteiger partial charge in [-0.2, -0.15) is 5.10 Å². The van der Waals surface area contributed by atoms with Gasteiger partial charge in [-0.1, -0.05) is 18.2 Å². The maximum atomic E-state index is 12.9. The second-order valence-corrected chi connectivity index (χ2v) is 6.12. The van der Waals surface area contributed by atoms with Crippen molar-refractivity contribution in [2.75, 3.05) is 0 Å². The van der Waals surface area contributed by atoms with Crippen molar-refractivity contribution in [2.45, 2.75) is 13.8 Å². The van der Waals surface area contributed by atoms with Crippen LogP contribution in [0.25, 0.3) is 27.9 Å². The first kappa shape index (κ1) is 16.8. The molecule has 27 heavy (non-hydrogen) atoms. The van der Waals surface area contributed by atoms with Crippen LogP contribution in [0.15, 0.2) is 70.2 Å². The van der Waals surface area contributed by atoms with Crippen LogP contribution in [-0.2, 0) is 4.79 Å². The van der Waals surface area contributed by atoms with E-state index in [2.05, 4.69) is 5.10 Å². The molecule has 2 aromatic carbocycles. The molecule has 2 aromatic heterocycles. The summed E-state index contributed by atoms with van der Waals surface area (Å²) in [4.78, 5) is 24.1. The lowest BCUT2D eigenvalue weighted by atomic mass is 10.1. The van der Waals surface area contributed by atoms with Crippen LogP contribution in [0, 0.1) is 6.92 Å². The van der Waals surface area contributed by atoms with Crippen LogP contribution < -0.4 is 10.2 Å². The molecule has 0 saturated heterocycles. The Morgan fingerprint density at radius 2 is 1.89 bits per heavy atom. The molecule has 4 rings (SSSR count). The van der Waals surface area contributed by atoms with Crippen molar-refractivity contribution in [1.29, 1.82) is 0 Å². The molecule has 0 spiro atoms. The van der Waals surface area contributed by atoms with Gasteiger partial charge in [0.05, 0.1) is 22.3 Å². The van der Waals surface area contributed by atoms with Crippen LogP contribution in [0.5, 0.6) is 5.75 Å². The van der Waals surface area contributed by atoms with Gasteiger partial charge in [-0.15, -0.1) is 0 Å². The maximum absolute atomic E-state index is 12.9. The highest BCUT2D eigenvalue weighted by Crippen LogP contribution is 2.27. The average Bonchev–Trinajstić information content (AvgIpc) is 3.15. The van der Waals surface area contributed by atoms with E-state index in [0.29, 0.717) is 33.5 Å². The second-order valence-electron chi connectivity index (χ2n) is 6.12. The standard InChI is InChI=1S/C21H16N2O4/c1-13-19(27-14(2)24)9-8-16-20(25)17(12-26-21(13)16)18-10-11-23(22-18)15-6-4-3-5-7-15/h3-12H,1-2H3. The number of hydrogen-bond acceptors (Lipinski definition) is 5. The number of carbonyl (C=O) groups is 1. The van der Waals surface area contributed by atoms with E-state index < -0.39 is 5.97 Å². The Balaban J connectivity index is 1.80. The van der Waals surface area contributed by atoms with E-state index in [1.807, 2.05) is 30.3 Å². The van der Waals surface area contributed by atoms with Gasteiger partial charge in [0, 0.05) is 18.7 Å². The summed E-state index contributed by atoms with van der Waals surface area (Å²) in [5, 5.41) is 4.90. The van der Waals surface area contributed by atoms with Crippen LogP contribution in [0.4, 0.5) is 0 Å². The summed E-state index contributed by atoms with van der Waals surface area (Å²) in [6, 6.07) is 14.6. The van der Waals surface area contributed by atoms with Gasteiger partial charge in [-0.3, -0.25) is 9.59 Å². The lowest BCUT2D eigenvalue weighted by molar-refractivity contribution is -0.131. The van der Waals surface area contributed by atoms with E-state index >= 15 is 0 Å². The third-order valence-electron chi connectivity index (χ3n) is 4.28. The Morgan fingerprint density at radius 1 is 1.11 bits per heavy atom. The minimum absolute atomic E-state index is 0.188. The Kier molecular flexibility index (Phi) is 4.08. The Labute approximate surface area is 154 Å². The zero-order chi connectivity index (χ0) is 19.0. The molecule has 6 heteroatoms. The molecule has 0 bridgehead atoms. The monoisotopic (exact) mass is 360 g/mol. The number of rotatable bonds is 3. The van der Waals surface area contributed by atoms with Crippen molar-refractivity contribution in [3.05, 3.63) is 76.8 Å². The molecule has 0 fully saturated rings. The molecular weight excluding hydrogens is 344 g/mol. The number of para-hydroxylation sites is 1. The first-order chi connectivity index (χ1) is 13.0. The third-order valence-corrected chi connectivity index (χ3v) is 4.28. The molecule has 0 amide bonds. The Hall–Kier alpha value is -3.67. The minimum Gasteiger partial charge on any atom is -0.463 e. The van der Waals surface area contributed by atoms with Crippen molar-refractivity contribution < 1.29 is 13.9 Å². The molecule has 0 aliphatic rings. The van der Waals surface area contributed by atoms with Crippen molar-refractivity contribution in [3.63, 3.8) is 0 Å². The SMILES string of the molecule is CC(=O)Oc1ccc2c(=O)c(-c3ccn(-c4ccccc4)n3)coc2c1C. The van der Waals surface area contributed by atoms with E-state index in [1.54, 1.807) is 36.0 Å². The van der Waals surface area contributed by atoms with Crippen molar-refractivity contribution in [1.82, 2.24) is 9.78 Å². The highest BCUT2D eigenvalue weighted by molar-refractivity contribution is 5.86. The highest BCUT2D eigenvalue weighted by Gasteiger charge is 2.16. The number of aromatic nitrogens is 2. The number of carbonyl (C=O) groups excluding carboxylic acids is 1. The smallest absolute Gasteiger partial charge is 0.308 e. The van der Waals surface area contributed by atoms with E-state index in [-0.39, 0.29) is 5.43 Å². The predicted molar refractivity (Wildman–Crippen MR) is 101 cm³/mol. The fourth-order valence-corrected chi connectivity index (χ4v) is 2.95. The quantitative estimate of drug-likeness (QED) is 0.409. The van der Waals surface area contributed by atoms with Gasteiger partial charge in [-0.05, 0) is 37.3 Å². The summed E-state index contributed by atoms with van der Waals surface area (Å²) in [6.45, 7) is 3.07. The van der Waals surface area contributed by atoms with Crippen molar-refractivity contribution in [3.8, 4) is 22.7 Å². The number of hydrogen-bond donors (Lipinski definition) is 0. The van der Waals surface area contributed by atoms with E-state index in [9.17, 15) is 9.59 Å². The lowest BCUT2D eigenvalue weighted by Crippen LogP contribution is -2.08. The molecule has 0 aliphatic heterocycles. The fourth-order valence-electron chi connectivity index (χ4n) is 2.95. The van der Waals surface area contributed by atoms with Gasteiger partial charge in [0.15, 0.2) is 0 Å². The molecule has 0 saturated carbocycles. The molecule has 0 radical (unpaired) electrons. The topological polar surface area (TPSA) is 74.3 Å². The number of aryl methyl sites for hydroxylation is 1. The van der Waals surface area contributed by atoms with Gasteiger partial charge in [-0.25, -0.2) is 4.68 Å². The summed E-state index contributed by atoms with van der Waals surface area (Å²) >= 11 is 0. The van der Waals surface area contributed by atoms with Crippen molar-refractivity contribution in [2.24, 2.45) is 0 Å². The number of esters is 1. The highest BCUT2D eigenvalue weighted by atomic mass is 16.5. The predicted octanol–water partition coefficient (Wildman–Crippen LogP) is 3.88. The molecule has 4 aromatic rings. The van der Waals surface area contributed by atoms with Gasteiger partial charge in [0.25, 0.3) is 0 Å². The molecular formula is C21H16N2O4. The molecule has 2 heterocycles. The fraction of sp³-hybridized carbons (Fsp3) is 0.0952. The van der Waals surface area contributed by atoms with Crippen LogP contribution in [-0.4, -0.2) is 15.7 Å². The number of benzene rings is 2. The minimum atomic E-state index is -0.428. The Morgan fingerprint density at radius 3 is 2.63 bits per heavy atom. The van der Waals surface area contributed by atoms with Gasteiger partial charge >= 0.3 is 5.97 Å². The maximum Gasteiger partial charge on any atom is 0.308 e. The van der Waals surface area contributed by atoms with Crippen LogP contribution in [0.3, 0.4) is 0 Å². The normalized spacial score (nSPS) is 10.9. The van der Waals surface area contributed by atoms with Gasteiger partial charge in [0.2, 0.25) is 5.43 Å². The second kappa shape index (κ2) is 6.57. The van der Waals surface area contributed by atoms with Crippen LogP contribution in [0.1, 0.15) is 12.5 Å². The number of ether oxygens (including phenoxy) is 1. The molecule has 0 unspecified atom stereocenters. The summed E-state index contributed by atoms with van der Waals surface area (Å²) in [6.07, 6.45) is 3.19. The lowest BCUT2D eigenvalue weighted by Gasteiger charge is -2.08. The number of nitrogens with zero attached hydrogens (tertiary/aromatic N) is 2. The van der Waals surface area contributed by atoms with Gasteiger partial charge in [0.1, 0.15) is 17.6 Å². The summed E-state index contributed by atoms with van der Waals surface area (Å²) < 4.78 is 12.6. The third kappa shape index (κ3) is 3.01. The van der Waals surface area contributed by atoms with Crippen molar-refractivity contribution >= 4 is 16.9 Å². The molecule has 134 valence electrons. The zero-order valence-electron chi connectivity index (χ0n) is 14.8.